The van der Waals surface area contributed by atoms with Crippen LogP contribution in [0.3, 0.4) is 0 Å². The van der Waals surface area contributed by atoms with Crippen LogP contribution in [0.4, 0.5) is 0 Å². The number of aromatic nitrogens is 2. The average molecular weight is 399 g/mol. The van der Waals surface area contributed by atoms with Gasteiger partial charge in [0.05, 0.1) is 4.47 Å². The Bertz CT molecular complexity index is 542. The summed E-state index contributed by atoms with van der Waals surface area (Å²) in [4.78, 5) is 17.9. The number of nitrogens with one attached hydrogen (secondary N) is 1. The summed E-state index contributed by atoms with van der Waals surface area (Å²) in [7, 11) is 0. The highest BCUT2D eigenvalue weighted by Gasteiger charge is 2.10. The topological polar surface area (TPSA) is 58.9 Å². The monoisotopic (exact) mass is 396 g/mol. The van der Waals surface area contributed by atoms with Crippen LogP contribution in [0, 0.1) is 0 Å². The Kier molecular flexibility index (Phi) is 3.13. The molecule has 0 saturated heterocycles. The molecule has 0 radical (unpaired) electrons. The van der Waals surface area contributed by atoms with E-state index in [0.717, 1.165) is 4.47 Å². The van der Waals surface area contributed by atoms with E-state index in [0.29, 0.717) is 20.7 Å². The number of hydrogen-bond donors (Lipinski definition) is 1. The van der Waals surface area contributed by atoms with Crippen molar-refractivity contribution in [2.24, 2.45) is 0 Å². The molecule has 0 spiro atoms. The third-order valence-corrected chi connectivity index (χ3v) is 3.91. The van der Waals surface area contributed by atoms with Gasteiger partial charge in [0.2, 0.25) is 0 Å². The van der Waals surface area contributed by atoms with Gasteiger partial charge in [-0.2, -0.15) is 0 Å². The Morgan fingerprint density at radius 1 is 1.27 bits per heavy atom. The van der Waals surface area contributed by atoms with E-state index >= 15 is 0 Å². The minimum Gasteiger partial charge on any atom is -0.445 e. The van der Waals surface area contributed by atoms with E-state index in [-0.39, 0.29) is 5.56 Å². The third kappa shape index (κ3) is 2.24. The zero-order valence-corrected chi connectivity index (χ0v) is 11.8. The summed E-state index contributed by atoms with van der Waals surface area (Å²) in [6.45, 7) is 0. The number of H-pyrrole nitrogens is 1. The van der Waals surface area contributed by atoms with E-state index in [1.807, 2.05) is 0 Å². The third-order valence-electron chi connectivity index (χ3n) is 1.63. The molecule has 1 N–H and O–H groups in total. The normalized spacial score (nSPS) is 10.6. The molecule has 0 bridgehead atoms. The van der Waals surface area contributed by atoms with Gasteiger partial charge in [-0.25, -0.2) is 4.98 Å². The van der Waals surface area contributed by atoms with Crippen molar-refractivity contribution in [1.29, 1.82) is 0 Å². The molecule has 7 heteroatoms. The SMILES string of the molecule is O=c1[nH]c(-c2cc(Br)c(Br)o2)ncc1Br. The Hall–Kier alpha value is -0.400. The minimum absolute atomic E-state index is 0.247. The molecule has 4 nitrogen and oxygen atoms in total. The maximum Gasteiger partial charge on any atom is 0.265 e. The first kappa shape index (κ1) is 11.1. The number of hydrogen-bond acceptors (Lipinski definition) is 3. The van der Waals surface area contributed by atoms with Crippen LogP contribution < -0.4 is 5.56 Å². The van der Waals surface area contributed by atoms with Crippen molar-refractivity contribution in [3.8, 4) is 11.6 Å². The second-order valence-corrected chi connectivity index (χ2v) is 5.07. The standard InChI is InChI=1S/C8H3Br3N2O2/c9-3-1-5(15-6(3)11)7-12-2-4(10)8(14)13-7/h1-2H,(H,12,13,14). The van der Waals surface area contributed by atoms with Crippen molar-refractivity contribution in [1.82, 2.24) is 9.97 Å². The van der Waals surface area contributed by atoms with Crippen molar-refractivity contribution in [3.63, 3.8) is 0 Å². The molecule has 2 aromatic heterocycles. The fourth-order valence-corrected chi connectivity index (χ4v) is 1.75. The van der Waals surface area contributed by atoms with Crippen molar-refractivity contribution in [2.75, 3.05) is 0 Å². The number of furan rings is 1. The maximum atomic E-state index is 11.3. The van der Waals surface area contributed by atoms with Gasteiger partial charge in [-0.15, -0.1) is 0 Å². The Morgan fingerprint density at radius 2 is 2.00 bits per heavy atom. The zero-order chi connectivity index (χ0) is 11.0. The van der Waals surface area contributed by atoms with Gasteiger partial charge in [0.15, 0.2) is 16.3 Å². The maximum absolute atomic E-state index is 11.3. The second-order valence-electron chi connectivity index (χ2n) is 2.64. The minimum atomic E-state index is -0.247. The molecule has 78 valence electrons. The smallest absolute Gasteiger partial charge is 0.265 e. The largest absolute Gasteiger partial charge is 0.445 e. The summed E-state index contributed by atoms with van der Waals surface area (Å²) in [5.74, 6) is 0.868. The Balaban J connectivity index is 2.54. The summed E-state index contributed by atoms with van der Waals surface area (Å²) < 4.78 is 7.03. The lowest BCUT2D eigenvalue weighted by molar-refractivity contribution is 0.549. The molecule has 2 rings (SSSR count). The first-order valence-electron chi connectivity index (χ1n) is 3.78. The van der Waals surface area contributed by atoms with Crippen LogP contribution in [-0.4, -0.2) is 9.97 Å². The molecule has 0 saturated carbocycles. The van der Waals surface area contributed by atoms with Gasteiger partial charge in [0.1, 0.15) is 4.47 Å². The second kappa shape index (κ2) is 4.23. The molecule has 0 aliphatic carbocycles. The summed E-state index contributed by atoms with van der Waals surface area (Å²) in [5.41, 5.74) is -0.247. The summed E-state index contributed by atoms with van der Waals surface area (Å²) in [5, 5.41) is 0. The molecular formula is C8H3Br3N2O2. The number of aromatic amines is 1. The van der Waals surface area contributed by atoms with Crippen molar-refractivity contribution < 1.29 is 4.42 Å². The van der Waals surface area contributed by atoms with Gasteiger partial charge in [-0.05, 0) is 47.8 Å². The summed E-state index contributed by atoms with van der Waals surface area (Å²) in [6.07, 6.45) is 1.43. The molecule has 2 aromatic rings. The van der Waals surface area contributed by atoms with Gasteiger partial charge in [-0.1, -0.05) is 0 Å². The first-order valence-corrected chi connectivity index (χ1v) is 6.16. The van der Waals surface area contributed by atoms with Gasteiger partial charge in [0.25, 0.3) is 5.56 Å². The average Bonchev–Trinajstić information content (AvgIpc) is 2.52. The van der Waals surface area contributed by atoms with E-state index in [4.69, 9.17) is 4.42 Å². The van der Waals surface area contributed by atoms with Crippen LogP contribution in [-0.2, 0) is 0 Å². The lowest BCUT2D eigenvalue weighted by atomic mass is 10.4. The van der Waals surface area contributed by atoms with Crippen molar-refractivity contribution in [2.45, 2.75) is 0 Å². The van der Waals surface area contributed by atoms with Crippen LogP contribution in [0.25, 0.3) is 11.6 Å². The molecule has 0 amide bonds. The van der Waals surface area contributed by atoms with Crippen molar-refractivity contribution >= 4 is 47.8 Å². The van der Waals surface area contributed by atoms with Crippen LogP contribution >= 0.6 is 47.8 Å². The van der Waals surface area contributed by atoms with Crippen molar-refractivity contribution in [3.05, 3.63) is 36.2 Å². The summed E-state index contributed by atoms with van der Waals surface area (Å²) >= 11 is 9.55. The van der Waals surface area contributed by atoms with E-state index in [2.05, 4.69) is 57.8 Å². The summed E-state index contributed by atoms with van der Waals surface area (Å²) in [6, 6.07) is 1.72. The quantitative estimate of drug-likeness (QED) is 0.801. The highest BCUT2D eigenvalue weighted by Crippen LogP contribution is 2.30. The van der Waals surface area contributed by atoms with Gasteiger partial charge in [-0.3, -0.25) is 4.79 Å². The molecule has 0 aliphatic rings. The van der Waals surface area contributed by atoms with Crippen LogP contribution in [0.2, 0.25) is 0 Å². The number of halogens is 3. The lowest BCUT2D eigenvalue weighted by Crippen LogP contribution is -2.08. The molecule has 2 heterocycles. The fourth-order valence-electron chi connectivity index (χ4n) is 0.968. The van der Waals surface area contributed by atoms with E-state index in [1.54, 1.807) is 6.07 Å². The van der Waals surface area contributed by atoms with Gasteiger partial charge in [0, 0.05) is 12.3 Å². The number of rotatable bonds is 1. The fraction of sp³-hybridized carbons (Fsp3) is 0. The highest BCUT2D eigenvalue weighted by molar-refractivity contribution is 9.13. The Morgan fingerprint density at radius 3 is 2.53 bits per heavy atom. The van der Waals surface area contributed by atoms with Gasteiger partial charge < -0.3 is 9.40 Å². The Labute approximate surface area is 109 Å². The van der Waals surface area contributed by atoms with Gasteiger partial charge >= 0.3 is 0 Å². The zero-order valence-electron chi connectivity index (χ0n) is 7.05. The molecule has 0 fully saturated rings. The predicted octanol–water partition coefficient (Wildman–Crippen LogP) is 3.32. The van der Waals surface area contributed by atoms with Crippen LogP contribution in [0.15, 0.2) is 35.1 Å². The molecular weight excluding hydrogens is 396 g/mol. The van der Waals surface area contributed by atoms with E-state index in [1.165, 1.54) is 6.20 Å². The lowest BCUT2D eigenvalue weighted by Gasteiger charge is -1.94. The van der Waals surface area contributed by atoms with E-state index < -0.39 is 0 Å². The first-order chi connectivity index (χ1) is 7.08. The molecule has 0 unspecified atom stereocenters. The highest BCUT2D eigenvalue weighted by atomic mass is 79.9. The predicted molar refractivity (Wildman–Crippen MR) is 65.7 cm³/mol. The molecule has 15 heavy (non-hydrogen) atoms. The van der Waals surface area contributed by atoms with Crippen LogP contribution in [0.5, 0.6) is 0 Å². The van der Waals surface area contributed by atoms with E-state index in [9.17, 15) is 4.79 Å². The molecule has 0 aromatic carbocycles. The van der Waals surface area contributed by atoms with Crippen LogP contribution in [0.1, 0.15) is 0 Å². The molecule has 0 aliphatic heterocycles. The molecule has 0 atom stereocenters. The number of nitrogens with zero attached hydrogens (tertiary/aromatic N) is 1.